The Morgan fingerprint density at radius 1 is 0.950 bits per heavy atom. The van der Waals surface area contributed by atoms with Crippen molar-refractivity contribution in [3.8, 4) is 0 Å². The van der Waals surface area contributed by atoms with Gasteiger partial charge in [0, 0.05) is 0 Å². The van der Waals surface area contributed by atoms with Crippen LogP contribution in [0.25, 0.3) is 0 Å². The summed E-state index contributed by atoms with van der Waals surface area (Å²) in [4.78, 5) is 0. The molecule has 0 amide bonds. The minimum atomic E-state index is -6.09. The van der Waals surface area contributed by atoms with E-state index in [-0.39, 0.29) is 0 Å². The van der Waals surface area contributed by atoms with Crippen LogP contribution in [0.15, 0.2) is 0 Å². The third-order valence-corrected chi connectivity index (χ3v) is 4.10. The molecule has 0 saturated heterocycles. The molecule has 20 heavy (non-hydrogen) atoms. The third-order valence-electron chi connectivity index (χ3n) is 3.53. The largest absolute Gasteiger partial charge is 0.741 e. The number of nitrogens with zero attached hydrogens (tertiary/aromatic N) is 1. The van der Waals surface area contributed by atoms with Crippen molar-refractivity contribution in [2.24, 2.45) is 0 Å². The number of alkyl halides is 3. The summed E-state index contributed by atoms with van der Waals surface area (Å²) in [6, 6.07) is 0. The molecule has 0 aliphatic rings. The first-order valence-corrected chi connectivity index (χ1v) is 8.27. The highest BCUT2D eigenvalue weighted by Crippen LogP contribution is 2.20. The summed E-state index contributed by atoms with van der Waals surface area (Å²) in [6.07, 6.45) is 4.16. The predicted molar refractivity (Wildman–Crippen MR) is 72.0 cm³/mol. The molecule has 0 unspecified atom stereocenters. The first-order valence-electron chi connectivity index (χ1n) is 6.86. The molecule has 0 aromatic carbocycles. The quantitative estimate of drug-likeness (QED) is 0.313. The zero-order chi connectivity index (χ0) is 16.4. The fourth-order valence-corrected chi connectivity index (χ4v) is 1.84. The van der Waals surface area contributed by atoms with E-state index in [1.54, 1.807) is 0 Å². The molecule has 0 spiro atoms. The molecule has 0 bridgehead atoms. The fraction of sp³-hybridized carbons (Fsp3) is 1.00. The average Bonchev–Trinajstić information content (AvgIpc) is 2.34. The summed E-state index contributed by atoms with van der Waals surface area (Å²) in [6.45, 7) is 14.5. The molecule has 124 valence electrons. The molecule has 8 heteroatoms. The molecule has 0 aliphatic heterocycles. The van der Waals surface area contributed by atoms with Crippen LogP contribution in [0, 0.1) is 0 Å². The fourth-order valence-electron chi connectivity index (χ4n) is 1.84. The molecule has 0 aliphatic carbocycles. The first kappa shape index (κ1) is 21.9. The summed E-state index contributed by atoms with van der Waals surface area (Å²) in [5.74, 6) is 0. The van der Waals surface area contributed by atoms with Gasteiger partial charge in [-0.05, 0) is 33.6 Å². The molecular weight excluding hydrogens is 295 g/mol. The Balaban J connectivity index is 0. The Hall–Kier alpha value is -0.340. The molecule has 0 heterocycles. The van der Waals surface area contributed by atoms with Gasteiger partial charge in [-0.15, -0.1) is 0 Å². The van der Waals surface area contributed by atoms with Crippen molar-refractivity contribution in [3.63, 3.8) is 0 Å². The van der Waals surface area contributed by atoms with Crippen LogP contribution < -0.4 is 0 Å². The van der Waals surface area contributed by atoms with E-state index in [9.17, 15) is 13.2 Å². The van der Waals surface area contributed by atoms with Gasteiger partial charge in [0.15, 0.2) is 10.1 Å². The number of halogens is 3. The van der Waals surface area contributed by atoms with Crippen molar-refractivity contribution in [1.29, 1.82) is 0 Å². The Labute approximate surface area is 120 Å². The van der Waals surface area contributed by atoms with Crippen molar-refractivity contribution < 1.29 is 30.6 Å². The van der Waals surface area contributed by atoms with E-state index in [0.717, 1.165) is 0 Å². The van der Waals surface area contributed by atoms with Gasteiger partial charge in [-0.2, -0.15) is 13.2 Å². The molecule has 0 radical (unpaired) electrons. The van der Waals surface area contributed by atoms with Gasteiger partial charge < -0.3 is 9.04 Å². The SMILES string of the molecule is CCCCC[N+](CC)(CC)CC.O=S(=O)([O-])C(F)(F)F. The molecule has 0 saturated carbocycles. The maximum Gasteiger partial charge on any atom is 0.485 e. The number of hydrogen-bond donors (Lipinski definition) is 0. The van der Waals surface area contributed by atoms with Gasteiger partial charge in [-0.3, -0.25) is 0 Å². The smallest absolute Gasteiger partial charge is 0.485 e. The van der Waals surface area contributed by atoms with Crippen LogP contribution in [0.3, 0.4) is 0 Å². The predicted octanol–water partition coefficient (Wildman–Crippen LogP) is 3.10. The normalized spacial score (nSPS) is 12.8. The summed E-state index contributed by atoms with van der Waals surface area (Å²) < 4.78 is 60.2. The minimum Gasteiger partial charge on any atom is -0.741 e. The Morgan fingerprint density at radius 3 is 1.50 bits per heavy atom. The molecule has 0 N–H and O–H groups in total. The van der Waals surface area contributed by atoms with Crippen LogP contribution in [-0.4, -0.2) is 49.1 Å². The van der Waals surface area contributed by atoms with E-state index in [1.165, 1.54) is 49.9 Å². The van der Waals surface area contributed by atoms with E-state index in [4.69, 9.17) is 13.0 Å². The molecule has 0 aromatic heterocycles. The summed E-state index contributed by atoms with van der Waals surface area (Å²) in [7, 11) is -6.09. The third kappa shape index (κ3) is 8.76. The highest BCUT2D eigenvalue weighted by molar-refractivity contribution is 7.86. The maximum atomic E-state index is 10.7. The van der Waals surface area contributed by atoms with E-state index in [1.807, 2.05) is 0 Å². The van der Waals surface area contributed by atoms with Crippen LogP contribution >= 0.6 is 0 Å². The van der Waals surface area contributed by atoms with Crippen molar-refractivity contribution in [2.75, 3.05) is 26.2 Å². The van der Waals surface area contributed by atoms with Crippen molar-refractivity contribution >= 4 is 10.1 Å². The second-order valence-electron chi connectivity index (χ2n) is 4.62. The highest BCUT2D eigenvalue weighted by Gasteiger charge is 2.36. The molecular formula is C12H26F3NO3S. The lowest BCUT2D eigenvalue weighted by Crippen LogP contribution is -2.48. The lowest BCUT2D eigenvalue weighted by atomic mass is 10.2. The zero-order valence-corrected chi connectivity index (χ0v) is 13.5. The van der Waals surface area contributed by atoms with Gasteiger partial charge in [0.1, 0.15) is 0 Å². The van der Waals surface area contributed by atoms with Crippen LogP contribution in [-0.2, 0) is 10.1 Å². The minimum absolute atomic E-state index is 1.30. The van der Waals surface area contributed by atoms with Crippen molar-refractivity contribution in [1.82, 2.24) is 0 Å². The topological polar surface area (TPSA) is 57.2 Å². The van der Waals surface area contributed by atoms with Gasteiger partial charge in [0.25, 0.3) is 0 Å². The van der Waals surface area contributed by atoms with Gasteiger partial charge in [-0.1, -0.05) is 13.3 Å². The molecule has 0 atom stereocenters. The molecule has 0 aromatic rings. The number of rotatable bonds is 7. The average molecular weight is 321 g/mol. The maximum absolute atomic E-state index is 10.7. The Bertz CT molecular complexity index is 330. The van der Waals surface area contributed by atoms with E-state index in [0.29, 0.717) is 0 Å². The van der Waals surface area contributed by atoms with Crippen LogP contribution in [0.4, 0.5) is 13.2 Å². The van der Waals surface area contributed by atoms with Crippen LogP contribution in [0.5, 0.6) is 0 Å². The summed E-state index contributed by atoms with van der Waals surface area (Å²) in [5, 5.41) is 0. The van der Waals surface area contributed by atoms with E-state index >= 15 is 0 Å². The van der Waals surface area contributed by atoms with Gasteiger partial charge in [-0.25, -0.2) is 8.42 Å². The standard InChI is InChI=1S/C11H26N.CHF3O3S/c1-5-9-10-11-12(6-2,7-3)8-4;2-1(3,4)8(5,6)7/h5-11H2,1-4H3;(H,5,6,7)/q+1;/p-1. The van der Waals surface area contributed by atoms with E-state index < -0.39 is 15.6 Å². The second kappa shape index (κ2) is 9.57. The van der Waals surface area contributed by atoms with Crippen molar-refractivity contribution in [2.45, 2.75) is 52.5 Å². The van der Waals surface area contributed by atoms with E-state index in [2.05, 4.69) is 27.7 Å². The second-order valence-corrected chi connectivity index (χ2v) is 5.99. The van der Waals surface area contributed by atoms with Crippen LogP contribution in [0.1, 0.15) is 47.0 Å². The molecule has 0 fully saturated rings. The van der Waals surface area contributed by atoms with Crippen molar-refractivity contribution in [3.05, 3.63) is 0 Å². The molecule has 4 nitrogen and oxygen atoms in total. The Kier molecular flexibility index (Phi) is 10.5. The lowest BCUT2D eigenvalue weighted by Gasteiger charge is -2.35. The number of hydrogen-bond acceptors (Lipinski definition) is 3. The summed E-state index contributed by atoms with van der Waals surface area (Å²) in [5.41, 5.74) is -5.65. The zero-order valence-electron chi connectivity index (χ0n) is 12.7. The highest BCUT2D eigenvalue weighted by atomic mass is 32.2. The van der Waals surface area contributed by atoms with Gasteiger partial charge in [0.05, 0.1) is 26.2 Å². The lowest BCUT2D eigenvalue weighted by molar-refractivity contribution is -0.923. The van der Waals surface area contributed by atoms with Crippen LogP contribution in [0.2, 0.25) is 0 Å². The first-order chi connectivity index (χ1) is 8.99. The molecule has 0 rings (SSSR count). The number of quaternary nitrogens is 1. The van der Waals surface area contributed by atoms with Gasteiger partial charge >= 0.3 is 5.51 Å². The number of unbranched alkanes of at least 4 members (excludes halogenated alkanes) is 2. The van der Waals surface area contributed by atoms with Gasteiger partial charge in [0.2, 0.25) is 0 Å². The monoisotopic (exact) mass is 321 g/mol. The Morgan fingerprint density at radius 2 is 1.30 bits per heavy atom. The summed E-state index contributed by atoms with van der Waals surface area (Å²) >= 11 is 0.